The van der Waals surface area contributed by atoms with Crippen LogP contribution in [0.25, 0.3) is 16.8 Å². The maximum atomic E-state index is 12.0. The number of likely N-dealkylation sites (tertiary alicyclic amines) is 1. The monoisotopic (exact) mass is 431 g/mol. The number of hydrogen-bond donors (Lipinski definition) is 1. The summed E-state index contributed by atoms with van der Waals surface area (Å²) < 4.78 is 5.12. The molecule has 3 rings (SSSR count). The van der Waals surface area contributed by atoms with Crippen LogP contribution in [0, 0.1) is 17.2 Å². The van der Waals surface area contributed by atoms with E-state index >= 15 is 0 Å². The fourth-order valence-electron chi connectivity index (χ4n) is 3.32. The van der Waals surface area contributed by atoms with Crippen LogP contribution >= 0.6 is 22.9 Å². The summed E-state index contributed by atoms with van der Waals surface area (Å²) in [5.41, 5.74) is 1.78. The lowest BCUT2D eigenvalue weighted by atomic mass is 9.98. The van der Waals surface area contributed by atoms with E-state index in [0.717, 1.165) is 30.6 Å². The Labute approximate surface area is 179 Å². The van der Waals surface area contributed by atoms with Crippen LogP contribution in [0.5, 0.6) is 0 Å². The van der Waals surface area contributed by atoms with E-state index in [1.54, 1.807) is 19.1 Å². The Balaban J connectivity index is 1.74. The summed E-state index contributed by atoms with van der Waals surface area (Å²) in [5.74, 6) is -0.430. The highest BCUT2D eigenvalue weighted by Gasteiger charge is 2.28. The third kappa shape index (κ3) is 5.36. The van der Waals surface area contributed by atoms with Gasteiger partial charge in [0, 0.05) is 22.5 Å². The molecular weight excluding hydrogens is 410 g/mol. The molecule has 152 valence electrons. The van der Waals surface area contributed by atoms with Gasteiger partial charge in [-0.15, -0.1) is 11.3 Å². The van der Waals surface area contributed by atoms with E-state index in [1.165, 1.54) is 11.3 Å². The number of aromatic nitrogens is 1. The summed E-state index contributed by atoms with van der Waals surface area (Å²) >= 11 is 7.23. The van der Waals surface area contributed by atoms with Gasteiger partial charge in [-0.3, -0.25) is 9.69 Å². The zero-order valence-corrected chi connectivity index (χ0v) is 17.7. The number of halogens is 1. The first-order valence-electron chi connectivity index (χ1n) is 9.44. The Morgan fingerprint density at radius 3 is 2.90 bits per heavy atom. The number of piperidine rings is 1. The normalized spacial score (nSPS) is 18.0. The predicted octanol–water partition coefficient (Wildman–Crippen LogP) is 4.53. The summed E-state index contributed by atoms with van der Waals surface area (Å²) in [6, 6.07) is 9.36. The van der Waals surface area contributed by atoms with Crippen molar-refractivity contribution in [2.45, 2.75) is 19.8 Å². The van der Waals surface area contributed by atoms with Gasteiger partial charge < -0.3 is 9.84 Å². The van der Waals surface area contributed by atoms with Crippen LogP contribution in [0.3, 0.4) is 0 Å². The molecule has 1 aromatic carbocycles. The van der Waals surface area contributed by atoms with Crippen LogP contribution in [-0.4, -0.2) is 47.2 Å². The minimum absolute atomic E-state index is 0.0333. The largest absolute Gasteiger partial charge is 0.509 e. The van der Waals surface area contributed by atoms with Crippen LogP contribution in [0.1, 0.15) is 24.8 Å². The number of benzene rings is 1. The van der Waals surface area contributed by atoms with Gasteiger partial charge in [0.05, 0.1) is 24.8 Å². The van der Waals surface area contributed by atoms with E-state index in [-0.39, 0.29) is 29.8 Å². The summed E-state index contributed by atoms with van der Waals surface area (Å²) in [5, 5.41) is 23.2. The molecule has 2 aromatic rings. The van der Waals surface area contributed by atoms with Gasteiger partial charge in [0.1, 0.15) is 22.4 Å². The maximum Gasteiger partial charge on any atom is 0.310 e. The zero-order chi connectivity index (χ0) is 20.8. The molecule has 1 saturated heterocycles. The Hall–Kier alpha value is -2.40. The Bertz CT molecular complexity index is 933. The molecule has 29 heavy (non-hydrogen) atoms. The number of carbonyl (C=O) groups excluding carboxylic acids is 1. The number of aliphatic hydroxyl groups excluding tert-OH is 1. The number of nitrogens with zero attached hydrogens (tertiary/aromatic N) is 3. The first-order chi connectivity index (χ1) is 14.0. The van der Waals surface area contributed by atoms with E-state index in [4.69, 9.17) is 16.3 Å². The molecule has 6 nitrogen and oxygen atoms in total. The van der Waals surface area contributed by atoms with Crippen LogP contribution in [0.15, 0.2) is 35.4 Å². The number of nitriles is 1. The molecule has 1 aromatic heterocycles. The highest BCUT2D eigenvalue weighted by Crippen LogP contribution is 2.28. The molecule has 1 N–H and O–H groups in total. The number of esters is 1. The van der Waals surface area contributed by atoms with Crippen molar-refractivity contribution in [2.24, 2.45) is 5.92 Å². The van der Waals surface area contributed by atoms with Gasteiger partial charge in [0.15, 0.2) is 0 Å². The standard InChI is InChI=1S/C21H22ClN3O3S/c1-2-28-21(27)15-4-3-9-25(11-15)12-19(26)17(10-23)20-24-18(13-29-20)14-5-7-16(22)8-6-14/h5-8,13,15,26H,2-4,9,11-12H2,1H3/b19-17-/t15-/m1/s1. The molecule has 0 amide bonds. The molecule has 1 aliphatic rings. The van der Waals surface area contributed by atoms with Crippen LogP contribution in [0.4, 0.5) is 0 Å². The van der Waals surface area contributed by atoms with Crippen LogP contribution in [0.2, 0.25) is 5.02 Å². The Morgan fingerprint density at radius 1 is 1.45 bits per heavy atom. The second kappa shape index (κ2) is 9.88. The molecule has 0 saturated carbocycles. The average Bonchev–Trinajstić information content (AvgIpc) is 3.19. The number of allylic oxidation sites excluding steroid dienone is 1. The molecule has 0 spiro atoms. The van der Waals surface area contributed by atoms with E-state index in [1.807, 2.05) is 22.4 Å². The molecule has 1 aliphatic heterocycles. The van der Waals surface area contributed by atoms with Crippen molar-refractivity contribution >= 4 is 34.5 Å². The molecule has 0 unspecified atom stereocenters. The molecule has 8 heteroatoms. The molecule has 2 heterocycles. The van der Waals surface area contributed by atoms with Crippen molar-refractivity contribution in [3.8, 4) is 17.3 Å². The fourth-order valence-corrected chi connectivity index (χ4v) is 4.29. The van der Waals surface area contributed by atoms with Crippen molar-refractivity contribution in [1.82, 2.24) is 9.88 Å². The van der Waals surface area contributed by atoms with Gasteiger partial charge >= 0.3 is 5.97 Å². The molecular formula is C21H22ClN3O3S. The topological polar surface area (TPSA) is 86.5 Å². The lowest BCUT2D eigenvalue weighted by Gasteiger charge is -2.31. The number of ether oxygens (including phenoxy) is 1. The SMILES string of the molecule is CCOC(=O)[C@@H]1CCCN(C/C(O)=C(\C#N)c2nc(-c3ccc(Cl)cc3)cs2)C1. The summed E-state index contributed by atoms with van der Waals surface area (Å²) in [7, 11) is 0. The fraction of sp³-hybridized carbons (Fsp3) is 0.381. The molecule has 0 radical (unpaired) electrons. The van der Waals surface area contributed by atoms with Gasteiger partial charge in [-0.1, -0.05) is 23.7 Å². The number of aliphatic hydroxyl groups is 1. The van der Waals surface area contributed by atoms with Gasteiger partial charge in [-0.25, -0.2) is 4.98 Å². The van der Waals surface area contributed by atoms with Gasteiger partial charge in [0.25, 0.3) is 0 Å². The zero-order valence-electron chi connectivity index (χ0n) is 16.1. The van der Waals surface area contributed by atoms with Crippen LogP contribution in [-0.2, 0) is 9.53 Å². The first-order valence-corrected chi connectivity index (χ1v) is 10.7. The van der Waals surface area contributed by atoms with E-state index in [9.17, 15) is 15.2 Å². The highest BCUT2D eigenvalue weighted by atomic mass is 35.5. The number of thiazole rings is 1. The van der Waals surface area contributed by atoms with E-state index in [2.05, 4.69) is 11.1 Å². The molecule has 1 fully saturated rings. The minimum atomic E-state index is -0.200. The van der Waals surface area contributed by atoms with Crippen LogP contribution < -0.4 is 0 Å². The van der Waals surface area contributed by atoms with E-state index < -0.39 is 0 Å². The third-order valence-electron chi connectivity index (χ3n) is 4.76. The van der Waals surface area contributed by atoms with Crippen molar-refractivity contribution in [3.63, 3.8) is 0 Å². The lowest BCUT2D eigenvalue weighted by Crippen LogP contribution is -2.40. The molecule has 0 aliphatic carbocycles. The number of hydrogen-bond acceptors (Lipinski definition) is 7. The molecule has 1 atom stereocenters. The Morgan fingerprint density at radius 2 is 2.21 bits per heavy atom. The summed E-state index contributed by atoms with van der Waals surface area (Å²) in [6.07, 6.45) is 1.62. The predicted molar refractivity (Wildman–Crippen MR) is 114 cm³/mol. The van der Waals surface area contributed by atoms with Gasteiger partial charge in [-0.2, -0.15) is 5.26 Å². The number of carbonyl (C=O) groups is 1. The van der Waals surface area contributed by atoms with E-state index in [0.29, 0.717) is 23.2 Å². The second-order valence-electron chi connectivity index (χ2n) is 6.80. The summed E-state index contributed by atoms with van der Waals surface area (Å²) in [6.45, 7) is 3.62. The van der Waals surface area contributed by atoms with Crippen molar-refractivity contribution < 1.29 is 14.6 Å². The Kier molecular flexibility index (Phi) is 7.26. The number of rotatable bonds is 6. The third-order valence-corrected chi connectivity index (χ3v) is 5.87. The van der Waals surface area contributed by atoms with Gasteiger partial charge in [0.2, 0.25) is 0 Å². The quantitative estimate of drug-likeness (QED) is 0.410. The van der Waals surface area contributed by atoms with Crippen molar-refractivity contribution in [3.05, 3.63) is 45.4 Å². The first kappa shape index (κ1) is 21.3. The maximum absolute atomic E-state index is 12.0. The second-order valence-corrected chi connectivity index (χ2v) is 8.10. The molecule has 0 bridgehead atoms. The summed E-state index contributed by atoms with van der Waals surface area (Å²) in [4.78, 5) is 18.5. The smallest absolute Gasteiger partial charge is 0.310 e. The van der Waals surface area contributed by atoms with Crippen molar-refractivity contribution in [2.75, 3.05) is 26.2 Å². The average molecular weight is 432 g/mol. The lowest BCUT2D eigenvalue weighted by molar-refractivity contribution is -0.149. The van der Waals surface area contributed by atoms with Crippen molar-refractivity contribution in [1.29, 1.82) is 5.26 Å². The van der Waals surface area contributed by atoms with Gasteiger partial charge in [-0.05, 0) is 38.4 Å². The minimum Gasteiger partial charge on any atom is -0.509 e. The highest BCUT2D eigenvalue weighted by molar-refractivity contribution is 7.11.